The van der Waals surface area contributed by atoms with Crippen molar-refractivity contribution in [2.24, 2.45) is 0 Å². The summed E-state index contributed by atoms with van der Waals surface area (Å²) in [4.78, 5) is 0. The molecule has 1 aromatic carbocycles. The molecule has 100 valence electrons. The molecule has 0 bridgehead atoms. The number of ether oxygens (including phenoxy) is 1. The summed E-state index contributed by atoms with van der Waals surface area (Å²) in [6.45, 7) is 5.14. The Morgan fingerprint density at radius 3 is 2.78 bits per heavy atom. The Bertz CT molecular complexity index is 388. The first kappa shape index (κ1) is 13.9. The lowest BCUT2D eigenvalue weighted by molar-refractivity contribution is 0.211. The number of aryl methyl sites for hydroxylation is 1. The Hall–Kier alpha value is -0.540. The summed E-state index contributed by atoms with van der Waals surface area (Å²) < 4.78 is 7.06. The largest absolute Gasteiger partial charge is 0.489 e. The molecule has 2 rings (SSSR count). The van der Waals surface area contributed by atoms with Crippen molar-refractivity contribution in [2.75, 3.05) is 6.54 Å². The topological polar surface area (TPSA) is 21.3 Å². The van der Waals surface area contributed by atoms with Gasteiger partial charge in [0, 0.05) is 17.1 Å². The van der Waals surface area contributed by atoms with Crippen molar-refractivity contribution >= 4 is 15.9 Å². The van der Waals surface area contributed by atoms with Crippen molar-refractivity contribution in [1.29, 1.82) is 0 Å². The first-order chi connectivity index (χ1) is 8.65. The molecule has 0 amide bonds. The van der Waals surface area contributed by atoms with Crippen LogP contribution in [0.2, 0.25) is 0 Å². The second-order valence-corrected chi connectivity index (χ2v) is 6.08. The fraction of sp³-hybridized carbons (Fsp3) is 0.600. The molecule has 1 N–H and O–H groups in total. The van der Waals surface area contributed by atoms with Gasteiger partial charge in [0.05, 0.1) is 0 Å². The SMILES string of the molecule is Cc1cc(OC(C)CNC2CCCC2)ccc1Br. The number of hydrogen-bond donors (Lipinski definition) is 1. The Balaban J connectivity index is 1.78. The van der Waals surface area contributed by atoms with Crippen molar-refractivity contribution in [3.8, 4) is 5.75 Å². The van der Waals surface area contributed by atoms with Gasteiger partial charge in [-0.25, -0.2) is 0 Å². The Morgan fingerprint density at radius 1 is 1.39 bits per heavy atom. The summed E-state index contributed by atoms with van der Waals surface area (Å²) in [5.74, 6) is 0.955. The highest BCUT2D eigenvalue weighted by molar-refractivity contribution is 9.10. The van der Waals surface area contributed by atoms with E-state index in [-0.39, 0.29) is 6.10 Å². The standard InChI is InChI=1S/C15H22BrNO/c1-11-9-14(7-8-15(11)16)18-12(2)10-17-13-5-3-4-6-13/h7-9,12-13,17H,3-6,10H2,1-2H3. The molecule has 0 spiro atoms. The molecule has 1 aliphatic carbocycles. The molecule has 1 unspecified atom stereocenters. The van der Waals surface area contributed by atoms with E-state index in [0.29, 0.717) is 6.04 Å². The maximum atomic E-state index is 5.93. The lowest BCUT2D eigenvalue weighted by Gasteiger charge is -2.19. The fourth-order valence-corrected chi connectivity index (χ4v) is 2.67. The highest BCUT2D eigenvalue weighted by atomic mass is 79.9. The number of halogens is 1. The lowest BCUT2D eigenvalue weighted by Crippen LogP contribution is -2.35. The molecule has 2 nitrogen and oxygen atoms in total. The first-order valence-corrected chi connectivity index (χ1v) is 7.60. The van der Waals surface area contributed by atoms with Gasteiger partial charge in [-0.05, 0) is 50.5 Å². The van der Waals surface area contributed by atoms with E-state index >= 15 is 0 Å². The van der Waals surface area contributed by atoms with Gasteiger partial charge in [0.25, 0.3) is 0 Å². The zero-order valence-corrected chi connectivity index (χ0v) is 12.8. The lowest BCUT2D eigenvalue weighted by atomic mass is 10.2. The average Bonchev–Trinajstić information content (AvgIpc) is 2.84. The van der Waals surface area contributed by atoms with Gasteiger partial charge in [-0.3, -0.25) is 0 Å². The number of rotatable bonds is 5. The first-order valence-electron chi connectivity index (χ1n) is 6.81. The quantitative estimate of drug-likeness (QED) is 0.885. The molecular weight excluding hydrogens is 290 g/mol. The summed E-state index contributed by atoms with van der Waals surface area (Å²) >= 11 is 3.50. The minimum Gasteiger partial charge on any atom is -0.489 e. The van der Waals surface area contributed by atoms with Crippen LogP contribution in [0.15, 0.2) is 22.7 Å². The van der Waals surface area contributed by atoms with Crippen LogP contribution in [0.1, 0.15) is 38.2 Å². The van der Waals surface area contributed by atoms with Crippen LogP contribution < -0.4 is 10.1 Å². The molecule has 0 heterocycles. The van der Waals surface area contributed by atoms with Crippen LogP contribution >= 0.6 is 15.9 Å². The number of hydrogen-bond acceptors (Lipinski definition) is 2. The van der Waals surface area contributed by atoms with Crippen molar-refractivity contribution in [1.82, 2.24) is 5.32 Å². The van der Waals surface area contributed by atoms with Crippen LogP contribution in [0, 0.1) is 6.92 Å². The minimum absolute atomic E-state index is 0.214. The third-order valence-corrected chi connectivity index (χ3v) is 4.41. The van der Waals surface area contributed by atoms with Gasteiger partial charge >= 0.3 is 0 Å². The molecule has 0 aliphatic heterocycles. The Morgan fingerprint density at radius 2 is 2.11 bits per heavy atom. The van der Waals surface area contributed by atoms with E-state index in [2.05, 4.69) is 41.2 Å². The van der Waals surface area contributed by atoms with Crippen LogP contribution in [0.4, 0.5) is 0 Å². The van der Waals surface area contributed by atoms with Crippen molar-refractivity contribution in [3.05, 3.63) is 28.2 Å². The van der Waals surface area contributed by atoms with Crippen LogP contribution in [0.5, 0.6) is 5.75 Å². The minimum atomic E-state index is 0.214. The zero-order valence-electron chi connectivity index (χ0n) is 11.2. The van der Waals surface area contributed by atoms with Gasteiger partial charge in [0.2, 0.25) is 0 Å². The second-order valence-electron chi connectivity index (χ2n) is 5.23. The van der Waals surface area contributed by atoms with E-state index in [9.17, 15) is 0 Å². The van der Waals surface area contributed by atoms with E-state index in [0.717, 1.165) is 16.8 Å². The van der Waals surface area contributed by atoms with Crippen molar-refractivity contribution in [3.63, 3.8) is 0 Å². The Kier molecular flexibility index (Phi) is 5.07. The van der Waals surface area contributed by atoms with E-state index < -0.39 is 0 Å². The van der Waals surface area contributed by atoms with E-state index in [1.807, 2.05) is 12.1 Å². The molecule has 1 fully saturated rings. The highest BCUT2D eigenvalue weighted by Crippen LogP contribution is 2.22. The molecule has 1 atom stereocenters. The maximum Gasteiger partial charge on any atom is 0.120 e. The van der Waals surface area contributed by atoms with Gasteiger partial charge in [0.1, 0.15) is 11.9 Å². The molecule has 0 aromatic heterocycles. The summed E-state index contributed by atoms with van der Waals surface area (Å²) in [7, 11) is 0. The molecule has 0 saturated heterocycles. The highest BCUT2D eigenvalue weighted by Gasteiger charge is 2.15. The van der Waals surface area contributed by atoms with Gasteiger partial charge in [0.15, 0.2) is 0 Å². The monoisotopic (exact) mass is 311 g/mol. The normalized spacial score (nSPS) is 17.9. The van der Waals surface area contributed by atoms with E-state index in [4.69, 9.17) is 4.74 Å². The molecular formula is C15H22BrNO. The summed E-state index contributed by atoms with van der Waals surface area (Å²) in [6, 6.07) is 6.85. The summed E-state index contributed by atoms with van der Waals surface area (Å²) in [6.07, 6.45) is 5.61. The molecule has 1 aromatic rings. The van der Waals surface area contributed by atoms with Crippen LogP contribution in [0.25, 0.3) is 0 Å². The molecule has 0 radical (unpaired) electrons. The van der Waals surface area contributed by atoms with Gasteiger partial charge in [-0.15, -0.1) is 0 Å². The fourth-order valence-electron chi connectivity index (χ4n) is 2.43. The smallest absolute Gasteiger partial charge is 0.120 e. The number of nitrogens with one attached hydrogen (secondary N) is 1. The average molecular weight is 312 g/mol. The second kappa shape index (κ2) is 6.58. The van der Waals surface area contributed by atoms with Crippen LogP contribution in [0.3, 0.4) is 0 Å². The molecule has 3 heteroatoms. The third kappa shape index (κ3) is 3.99. The maximum absolute atomic E-state index is 5.93. The molecule has 18 heavy (non-hydrogen) atoms. The van der Waals surface area contributed by atoms with Crippen molar-refractivity contribution in [2.45, 2.75) is 51.7 Å². The van der Waals surface area contributed by atoms with Gasteiger partial charge in [-0.1, -0.05) is 28.8 Å². The molecule has 1 aliphatic rings. The predicted molar refractivity (Wildman–Crippen MR) is 79.2 cm³/mol. The van der Waals surface area contributed by atoms with Crippen LogP contribution in [-0.4, -0.2) is 18.7 Å². The third-order valence-electron chi connectivity index (χ3n) is 3.52. The van der Waals surface area contributed by atoms with E-state index in [1.54, 1.807) is 0 Å². The Labute approximate surface area is 118 Å². The van der Waals surface area contributed by atoms with Crippen molar-refractivity contribution < 1.29 is 4.74 Å². The van der Waals surface area contributed by atoms with Crippen LogP contribution in [-0.2, 0) is 0 Å². The van der Waals surface area contributed by atoms with Gasteiger partial charge < -0.3 is 10.1 Å². The van der Waals surface area contributed by atoms with Gasteiger partial charge in [-0.2, -0.15) is 0 Å². The predicted octanol–water partition coefficient (Wildman–Crippen LogP) is 4.06. The zero-order chi connectivity index (χ0) is 13.0. The van der Waals surface area contributed by atoms with E-state index in [1.165, 1.54) is 31.2 Å². The summed E-state index contributed by atoms with van der Waals surface area (Å²) in [5, 5.41) is 3.59. The molecule has 1 saturated carbocycles. The summed E-state index contributed by atoms with van der Waals surface area (Å²) in [5.41, 5.74) is 1.21. The number of benzene rings is 1.